The summed E-state index contributed by atoms with van der Waals surface area (Å²) in [6, 6.07) is 6.56. The number of benzene rings is 1. The van der Waals surface area contributed by atoms with Gasteiger partial charge in [-0.3, -0.25) is 0 Å². The summed E-state index contributed by atoms with van der Waals surface area (Å²) in [6.07, 6.45) is 0.687. The summed E-state index contributed by atoms with van der Waals surface area (Å²) >= 11 is 1.35. The Morgan fingerprint density at radius 3 is 2.60 bits per heavy atom. The molecule has 2 rings (SSSR count). The second-order valence-corrected chi connectivity index (χ2v) is 7.11. The van der Waals surface area contributed by atoms with Gasteiger partial charge >= 0.3 is 5.51 Å². The highest BCUT2D eigenvalue weighted by atomic mass is 32.2. The molecule has 1 heterocycles. The minimum absolute atomic E-state index is 0.0748. The van der Waals surface area contributed by atoms with E-state index < -0.39 is 5.51 Å². The quantitative estimate of drug-likeness (QED) is 0.728. The van der Waals surface area contributed by atoms with Gasteiger partial charge in [-0.25, -0.2) is 0 Å². The van der Waals surface area contributed by atoms with Gasteiger partial charge in [-0.1, -0.05) is 23.4 Å². The van der Waals surface area contributed by atoms with Gasteiger partial charge < -0.3 is 4.84 Å². The summed E-state index contributed by atoms with van der Waals surface area (Å²) in [5.74, 6) is 0.456. The molecule has 0 saturated carbocycles. The summed E-state index contributed by atoms with van der Waals surface area (Å²) in [5.41, 5.74) is -3.92. The number of thioether (sulfide) groups is 2. The third-order valence-electron chi connectivity index (χ3n) is 2.56. The van der Waals surface area contributed by atoms with Crippen LogP contribution >= 0.6 is 23.5 Å². The Kier molecular flexibility index (Phi) is 4.59. The molecular formula is C13H14F3NOS2. The van der Waals surface area contributed by atoms with Crippen molar-refractivity contribution in [1.82, 2.24) is 0 Å². The van der Waals surface area contributed by atoms with Crippen LogP contribution in [0.2, 0.25) is 0 Å². The maximum atomic E-state index is 12.5. The Bertz CT molecular complexity index is 515. The van der Waals surface area contributed by atoms with Crippen molar-refractivity contribution < 1.29 is 18.0 Å². The lowest BCUT2D eigenvalue weighted by molar-refractivity contribution is -0.0328. The smallest absolute Gasteiger partial charge is 0.389 e. The van der Waals surface area contributed by atoms with E-state index in [9.17, 15) is 13.2 Å². The molecule has 0 aliphatic carbocycles. The van der Waals surface area contributed by atoms with Crippen LogP contribution in [-0.4, -0.2) is 16.2 Å². The Morgan fingerprint density at radius 2 is 2.00 bits per heavy atom. The number of rotatable bonds is 3. The molecular weight excluding hydrogens is 307 g/mol. The maximum Gasteiger partial charge on any atom is 0.446 e. The lowest BCUT2D eigenvalue weighted by atomic mass is 10.1. The van der Waals surface area contributed by atoms with Crippen molar-refractivity contribution >= 4 is 28.6 Å². The lowest BCUT2D eigenvalue weighted by Gasteiger charge is -2.13. The van der Waals surface area contributed by atoms with Crippen LogP contribution in [0, 0.1) is 0 Å². The van der Waals surface area contributed by atoms with Gasteiger partial charge in [0.1, 0.15) is 10.6 Å². The van der Waals surface area contributed by atoms with E-state index in [1.54, 1.807) is 18.2 Å². The topological polar surface area (TPSA) is 21.6 Å². The van der Waals surface area contributed by atoms with E-state index in [4.69, 9.17) is 4.84 Å². The maximum absolute atomic E-state index is 12.5. The van der Waals surface area contributed by atoms with Crippen LogP contribution in [0.25, 0.3) is 0 Å². The molecule has 110 valence electrons. The molecule has 20 heavy (non-hydrogen) atoms. The summed E-state index contributed by atoms with van der Waals surface area (Å²) in [7, 11) is 0. The number of hydrogen-bond donors (Lipinski definition) is 0. The molecule has 0 amide bonds. The predicted octanol–water partition coefficient (Wildman–Crippen LogP) is 5.04. The van der Waals surface area contributed by atoms with Crippen LogP contribution in [0.15, 0.2) is 34.3 Å². The van der Waals surface area contributed by atoms with Crippen LogP contribution in [-0.2, 0) is 10.6 Å². The molecule has 0 saturated heterocycles. The van der Waals surface area contributed by atoms with Crippen molar-refractivity contribution in [3.63, 3.8) is 0 Å². The molecule has 7 heteroatoms. The standard InChI is InChI=1S/C13H14F3NOS2/c1-12(2)7-11(17-18-12)19-8-9-5-3-4-6-10(9)20-13(14,15)16/h3-6H,7-8H2,1-2H3. The Labute approximate surface area is 124 Å². The first kappa shape index (κ1) is 15.6. The number of halogens is 3. The van der Waals surface area contributed by atoms with E-state index in [1.165, 1.54) is 17.8 Å². The van der Waals surface area contributed by atoms with Gasteiger partial charge in [0, 0.05) is 17.1 Å². The van der Waals surface area contributed by atoms with Gasteiger partial charge in [0.2, 0.25) is 0 Å². The van der Waals surface area contributed by atoms with Crippen LogP contribution in [0.1, 0.15) is 25.8 Å². The monoisotopic (exact) mass is 321 g/mol. The summed E-state index contributed by atoms with van der Waals surface area (Å²) in [5, 5.41) is 4.78. The van der Waals surface area contributed by atoms with Crippen LogP contribution < -0.4 is 0 Å². The summed E-state index contributed by atoms with van der Waals surface area (Å²) < 4.78 is 37.4. The van der Waals surface area contributed by atoms with E-state index in [0.29, 0.717) is 17.7 Å². The number of hydrogen-bond acceptors (Lipinski definition) is 4. The fraction of sp³-hybridized carbons (Fsp3) is 0.462. The van der Waals surface area contributed by atoms with Crippen molar-refractivity contribution in [2.45, 2.75) is 42.0 Å². The molecule has 0 N–H and O–H groups in total. The molecule has 2 nitrogen and oxygen atoms in total. The number of alkyl halides is 3. The first-order valence-corrected chi connectivity index (χ1v) is 7.77. The highest BCUT2D eigenvalue weighted by molar-refractivity contribution is 8.13. The van der Waals surface area contributed by atoms with Gasteiger partial charge in [-0.15, -0.1) is 11.8 Å². The molecule has 1 aliphatic heterocycles. The van der Waals surface area contributed by atoms with E-state index in [0.717, 1.165) is 5.04 Å². The third-order valence-corrected chi connectivity index (χ3v) is 4.42. The van der Waals surface area contributed by atoms with Gasteiger partial charge in [-0.05, 0) is 37.2 Å². The second kappa shape index (κ2) is 5.89. The predicted molar refractivity (Wildman–Crippen MR) is 76.9 cm³/mol. The second-order valence-electron chi connectivity index (χ2n) is 4.96. The highest BCUT2D eigenvalue weighted by Crippen LogP contribution is 2.40. The van der Waals surface area contributed by atoms with E-state index in [2.05, 4.69) is 5.16 Å². The minimum atomic E-state index is -4.27. The summed E-state index contributed by atoms with van der Waals surface area (Å²) in [6.45, 7) is 3.86. The van der Waals surface area contributed by atoms with Crippen molar-refractivity contribution in [1.29, 1.82) is 0 Å². The first-order chi connectivity index (χ1) is 9.25. The molecule has 0 fully saturated rings. The van der Waals surface area contributed by atoms with E-state index in [1.807, 2.05) is 13.8 Å². The Hall–Kier alpha value is -0.820. The SMILES string of the molecule is CC1(C)CC(SCc2ccccc2SC(F)(F)F)=NO1. The van der Waals surface area contributed by atoms with Crippen LogP contribution in [0.3, 0.4) is 0 Å². The normalized spacial score (nSPS) is 17.8. The zero-order chi connectivity index (χ0) is 14.8. The van der Waals surface area contributed by atoms with Crippen LogP contribution in [0.4, 0.5) is 13.2 Å². The molecule has 1 aromatic carbocycles. The number of oxime groups is 1. The average Bonchev–Trinajstić information content (AvgIpc) is 2.66. The van der Waals surface area contributed by atoms with Crippen molar-refractivity contribution in [2.24, 2.45) is 5.16 Å². The minimum Gasteiger partial charge on any atom is -0.389 e. The van der Waals surface area contributed by atoms with Crippen LogP contribution in [0.5, 0.6) is 0 Å². The lowest BCUT2D eigenvalue weighted by Crippen LogP contribution is -2.18. The highest BCUT2D eigenvalue weighted by Gasteiger charge is 2.31. The molecule has 0 spiro atoms. The molecule has 1 aromatic rings. The molecule has 0 unspecified atom stereocenters. The Balaban J connectivity index is 2.00. The van der Waals surface area contributed by atoms with Crippen molar-refractivity contribution in [2.75, 3.05) is 0 Å². The summed E-state index contributed by atoms with van der Waals surface area (Å²) in [4.78, 5) is 5.48. The first-order valence-electron chi connectivity index (χ1n) is 5.97. The van der Waals surface area contributed by atoms with E-state index in [-0.39, 0.29) is 22.3 Å². The van der Waals surface area contributed by atoms with Crippen molar-refractivity contribution in [3.05, 3.63) is 29.8 Å². The average molecular weight is 321 g/mol. The molecule has 0 aromatic heterocycles. The largest absolute Gasteiger partial charge is 0.446 e. The van der Waals surface area contributed by atoms with Gasteiger partial charge in [0.05, 0.1) is 0 Å². The fourth-order valence-electron chi connectivity index (χ4n) is 1.69. The third kappa shape index (κ3) is 4.63. The zero-order valence-corrected chi connectivity index (χ0v) is 12.7. The molecule has 1 aliphatic rings. The van der Waals surface area contributed by atoms with Gasteiger partial charge in [0.25, 0.3) is 0 Å². The van der Waals surface area contributed by atoms with E-state index >= 15 is 0 Å². The number of nitrogens with zero attached hydrogens (tertiary/aromatic N) is 1. The Morgan fingerprint density at radius 1 is 1.30 bits per heavy atom. The van der Waals surface area contributed by atoms with Gasteiger partial charge in [-0.2, -0.15) is 13.2 Å². The fourth-order valence-corrected chi connectivity index (χ4v) is 3.56. The molecule has 0 radical (unpaired) electrons. The molecule has 0 atom stereocenters. The van der Waals surface area contributed by atoms with Crippen molar-refractivity contribution in [3.8, 4) is 0 Å². The molecule has 0 bridgehead atoms. The van der Waals surface area contributed by atoms with Gasteiger partial charge in [0.15, 0.2) is 0 Å². The zero-order valence-electron chi connectivity index (χ0n) is 11.0.